The summed E-state index contributed by atoms with van der Waals surface area (Å²) in [4.78, 5) is 23.8. The van der Waals surface area contributed by atoms with Crippen LogP contribution in [-0.2, 0) is 4.79 Å². The van der Waals surface area contributed by atoms with E-state index in [2.05, 4.69) is 21.2 Å². The van der Waals surface area contributed by atoms with Crippen molar-refractivity contribution in [2.24, 2.45) is 5.73 Å². The van der Waals surface area contributed by atoms with Gasteiger partial charge in [-0.05, 0) is 28.4 Å². The SMILES string of the molecule is CCCC(C(=O)NCCN)n1cc(Br)ccc1=O. The molecule has 0 saturated heterocycles. The first-order valence-corrected chi connectivity index (χ1v) is 6.75. The average Bonchev–Trinajstić information content (AvgIpc) is 2.36. The van der Waals surface area contributed by atoms with Crippen molar-refractivity contribution < 1.29 is 4.79 Å². The first-order valence-electron chi connectivity index (χ1n) is 5.95. The van der Waals surface area contributed by atoms with Gasteiger partial charge in [0.05, 0.1) is 0 Å². The third-order valence-electron chi connectivity index (χ3n) is 2.55. The van der Waals surface area contributed by atoms with Crippen LogP contribution in [0.15, 0.2) is 27.6 Å². The summed E-state index contributed by atoms with van der Waals surface area (Å²) in [6, 6.07) is 2.63. The van der Waals surface area contributed by atoms with Gasteiger partial charge in [0.15, 0.2) is 0 Å². The number of pyridine rings is 1. The number of aromatic nitrogens is 1. The van der Waals surface area contributed by atoms with Crippen molar-refractivity contribution in [2.75, 3.05) is 13.1 Å². The van der Waals surface area contributed by atoms with Crippen molar-refractivity contribution >= 4 is 21.8 Å². The third kappa shape index (κ3) is 3.96. The molecular weight excluding hydrogens is 298 g/mol. The Morgan fingerprint density at radius 2 is 2.28 bits per heavy atom. The van der Waals surface area contributed by atoms with Crippen molar-refractivity contribution in [1.82, 2.24) is 9.88 Å². The molecule has 1 aromatic rings. The first-order chi connectivity index (χ1) is 8.60. The van der Waals surface area contributed by atoms with E-state index in [1.54, 1.807) is 12.3 Å². The van der Waals surface area contributed by atoms with Crippen molar-refractivity contribution in [3.63, 3.8) is 0 Å². The number of carbonyl (C=O) groups is 1. The Hall–Kier alpha value is -1.14. The molecule has 1 amide bonds. The normalized spacial score (nSPS) is 12.2. The van der Waals surface area contributed by atoms with E-state index in [4.69, 9.17) is 5.73 Å². The molecule has 1 heterocycles. The zero-order valence-corrected chi connectivity index (χ0v) is 11.9. The molecule has 1 rings (SSSR count). The number of hydrogen-bond acceptors (Lipinski definition) is 3. The predicted molar refractivity (Wildman–Crippen MR) is 74.4 cm³/mol. The fourth-order valence-corrected chi connectivity index (χ4v) is 2.06. The lowest BCUT2D eigenvalue weighted by Gasteiger charge is -2.18. The largest absolute Gasteiger partial charge is 0.353 e. The average molecular weight is 316 g/mol. The van der Waals surface area contributed by atoms with Gasteiger partial charge in [0.1, 0.15) is 6.04 Å². The van der Waals surface area contributed by atoms with E-state index < -0.39 is 6.04 Å². The lowest BCUT2D eigenvalue weighted by atomic mass is 10.1. The van der Waals surface area contributed by atoms with Gasteiger partial charge in [-0.2, -0.15) is 0 Å². The smallest absolute Gasteiger partial charge is 0.251 e. The zero-order chi connectivity index (χ0) is 13.5. The highest BCUT2D eigenvalue weighted by atomic mass is 79.9. The van der Waals surface area contributed by atoms with E-state index >= 15 is 0 Å². The summed E-state index contributed by atoms with van der Waals surface area (Å²) in [5.41, 5.74) is 5.17. The van der Waals surface area contributed by atoms with Gasteiger partial charge in [-0.3, -0.25) is 9.59 Å². The summed E-state index contributed by atoms with van der Waals surface area (Å²) < 4.78 is 2.23. The van der Waals surface area contributed by atoms with Crippen LogP contribution in [0.1, 0.15) is 25.8 Å². The predicted octanol–water partition coefficient (Wildman–Crippen LogP) is 1.03. The molecule has 0 aromatic carbocycles. The number of nitrogens with one attached hydrogen (secondary N) is 1. The summed E-state index contributed by atoms with van der Waals surface area (Å²) in [5.74, 6) is -0.164. The van der Waals surface area contributed by atoms with Gasteiger partial charge in [-0.15, -0.1) is 0 Å². The molecule has 0 aliphatic carbocycles. The summed E-state index contributed by atoms with van der Waals surface area (Å²) >= 11 is 3.31. The summed E-state index contributed by atoms with van der Waals surface area (Å²) in [7, 11) is 0. The second-order valence-electron chi connectivity index (χ2n) is 3.98. The monoisotopic (exact) mass is 315 g/mol. The number of nitrogens with zero attached hydrogens (tertiary/aromatic N) is 1. The molecule has 0 radical (unpaired) electrons. The standard InChI is InChI=1S/C12H18BrN3O2/c1-2-3-10(12(18)15-7-6-14)16-8-9(13)4-5-11(16)17/h4-5,8,10H,2-3,6-7,14H2,1H3,(H,15,18). The number of amides is 1. The van der Waals surface area contributed by atoms with Gasteiger partial charge >= 0.3 is 0 Å². The molecule has 5 nitrogen and oxygen atoms in total. The molecule has 0 aliphatic heterocycles. The highest BCUT2D eigenvalue weighted by molar-refractivity contribution is 9.10. The van der Waals surface area contributed by atoms with Crippen LogP contribution in [0.25, 0.3) is 0 Å². The minimum atomic E-state index is -0.480. The molecule has 1 unspecified atom stereocenters. The number of nitrogens with two attached hydrogens (primary N) is 1. The van der Waals surface area contributed by atoms with Crippen LogP contribution < -0.4 is 16.6 Å². The molecule has 6 heteroatoms. The van der Waals surface area contributed by atoms with E-state index in [1.165, 1.54) is 10.6 Å². The molecular formula is C12H18BrN3O2. The lowest BCUT2D eigenvalue weighted by Crippen LogP contribution is -2.38. The fourth-order valence-electron chi connectivity index (χ4n) is 1.70. The van der Waals surface area contributed by atoms with Crippen LogP contribution in [0.4, 0.5) is 0 Å². The van der Waals surface area contributed by atoms with E-state index in [-0.39, 0.29) is 11.5 Å². The first kappa shape index (κ1) is 14.9. The minimum absolute atomic E-state index is 0.164. The number of rotatable bonds is 6. The zero-order valence-electron chi connectivity index (χ0n) is 10.4. The van der Waals surface area contributed by atoms with Crippen molar-refractivity contribution in [3.8, 4) is 0 Å². The summed E-state index contributed by atoms with van der Waals surface area (Å²) in [5, 5.41) is 2.72. The highest BCUT2D eigenvalue weighted by Crippen LogP contribution is 2.15. The van der Waals surface area contributed by atoms with Crippen LogP contribution in [-0.4, -0.2) is 23.6 Å². The molecule has 0 bridgehead atoms. The van der Waals surface area contributed by atoms with Crippen LogP contribution in [0.2, 0.25) is 0 Å². The van der Waals surface area contributed by atoms with Gasteiger partial charge in [0.25, 0.3) is 5.56 Å². The van der Waals surface area contributed by atoms with Gasteiger partial charge in [-0.1, -0.05) is 13.3 Å². The molecule has 18 heavy (non-hydrogen) atoms. The Morgan fingerprint density at radius 1 is 1.56 bits per heavy atom. The molecule has 3 N–H and O–H groups in total. The third-order valence-corrected chi connectivity index (χ3v) is 3.02. The summed E-state index contributed by atoms with van der Waals surface area (Å²) in [6.07, 6.45) is 3.08. The second-order valence-corrected chi connectivity index (χ2v) is 4.89. The van der Waals surface area contributed by atoms with E-state index in [1.807, 2.05) is 6.92 Å². The van der Waals surface area contributed by atoms with Crippen molar-refractivity contribution in [2.45, 2.75) is 25.8 Å². The van der Waals surface area contributed by atoms with Gasteiger partial charge in [0.2, 0.25) is 5.91 Å². The quantitative estimate of drug-likeness (QED) is 0.823. The Bertz CT molecular complexity index is 459. The number of halogens is 1. The van der Waals surface area contributed by atoms with Crippen LogP contribution >= 0.6 is 15.9 Å². The maximum Gasteiger partial charge on any atom is 0.251 e. The van der Waals surface area contributed by atoms with Crippen molar-refractivity contribution in [3.05, 3.63) is 33.2 Å². The minimum Gasteiger partial charge on any atom is -0.353 e. The number of hydrogen-bond donors (Lipinski definition) is 2. The second kappa shape index (κ2) is 7.33. The molecule has 100 valence electrons. The molecule has 0 aliphatic rings. The van der Waals surface area contributed by atoms with Crippen LogP contribution in [0.3, 0.4) is 0 Å². The molecule has 1 aromatic heterocycles. The molecule has 0 spiro atoms. The summed E-state index contributed by atoms with van der Waals surface area (Å²) in [6.45, 7) is 2.78. The molecule has 0 saturated carbocycles. The van der Waals surface area contributed by atoms with Crippen molar-refractivity contribution in [1.29, 1.82) is 0 Å². The van der Waals surface area contributed by atoms with Gasteiger partial charge < -0.3 is 15.6 Å². The molecule has 0 fully saturated rings. The van der Waals surface area contributed by atoms with E-state index in [9.17, 15) is 9.59 Å². The Kier molecular flexibility index (Phi) is 6.07. The van der Waals surface area contributed by atoms with Crippen LogP contribution in [0, 0.1) is 0 Å². The Labute approximate surface area is 114 Å². The number of carbonyl (C=O) groups excluding carboxylic acids is 1. The Morgan fingerprint density at radius 3 is 2.89 bits per heavy atom. The maximum atomic E-state index is 12.0. The highest BCUT2D eigenvalue weighted by Gasteiger charge is 2.19. The lowest BCUT2D eigenvalue weighted by molar-refractivity contribution is -0.124. The Balaban J connectivity index is 2.99. The topological polar surface area (TPSA) is 77.1 Å². The van der Waals surface area contributed by atoms with Gasteiger partial charge in [-0.25, -0.2) is 0 Å². The van der Waals surface area contributed by atoms with Gasteiger partial charge in [0, 0.05) is 29.8 Å². The molecule has 1 atom stereocenters. The van der Waals surface area contributed by atoms with Crippen LogP contribution in [0.5, 0.6) is 0 Å². The van der Waals surface area contributed by atoms with E-state index in [0.717, 1.165) is 10.9 Å². The maximum absolute atomic E-state index is 12.0. The van der Waals surface area contributed by atoms with E-state index in [0.29, 0.717) is 19.5 Å². The fraction of sp³-hybridized carbons (Fsp3) is 0.500.